The molecule has 0 saturated carbocycles. The molecule has 0 radical (unpaired) electrons. The first-order valence-electron chi connectivity index (χ1n) is 8.40. The number of anilines is 2. The van der Waals surface area contributed by atoms with Gasteiger partial charge in [-0.2, -0.15) is 0 Å². The van der Waals surface area contributed by atoms with E-state index in [4.69, 9.17) is 4.74 Å². The summed E-state index contributed by atoms with van der Waals surface area (Å²) in [5, 5.41) is 3.73. The number of methoxy groups -OCH3 is 1. The van der Waals surface area contributed by atoms with Gasteiger partial charge >= 0.3 is 5.97 Å². The van der Waals surface area contributed by atoms with E-state index in [1.165, 1.54) is 30.6 Å². The third-order valence-corrected chi connectivity index (χ3v) is 5.06. The molecule has 0 unspecified atom stereocenters. The van der Waals surface area contributed by atoms with Crippen LogP contribution >= 0.6 is 11.3 Å². The fourth-order valence-corrected chi connectivity index (χ4v) is 3.67. The minimum absolute atomic E-state index is 0.240. The minimum atomic E-state index is -0.552. The molecule has 2 heterocycles. The van der Waals surface area contributed by atoms with Gasteiger partial charge in [0.2, 0.25) is 5.95 Å². The highest BCUT2D eigenvalue weighted by atomic mass is 32.1. The van der Waals surface area contributed by atoms with Crippen molar-refractivity contribution in [1.82, 2.24) is 15.0 Å². The van der Waals surface area contributed by atoms with Gasteiger partial charge in [-0.25, -0.2) is 24.1 Å². The lowest BCUT2D eigenvalue weighted by Crippen LogP contribution is -2.11. The van der Waals surface area contributed by atoms with Crippen molar-refractivity contribution in [3.8, 4) is 11.3 Å². The molecule has 4 rings (SSSR count). The quantitative estimate of drug-likeness (QED) is 0.504. The molecule has 0 amide bonds. The van der Waals surface area contributed by atoms with Crippen molar-refractivity contribution in [3.05, 3.63) is 65.6 Å². The normalized spacial score (nSPS) is 10.8. The van der Waals surface area contributed by atoms with Gasteiger partial charge in [0.15, 0.2) is 5.13 Å². The van der Waals surface area contributed by atoms with Crippen molar-refractivity contribution in [1.29, 1.82) is 0 Å². The number of thiazole rings is 1. The van der Waals surface area contributed by atoms with Crippen LogP contribution < -0.4 is 5.32 Å². The summed E-state index contributed by atoms with van der Waals surface area (Å²) in [7, 11) is 1.30. The lowest BCUT2D eigenvalue weighted by molar-refractivity contribution is 0.0600. The molecule has 0 aliphatic carbocycles. The SMILES string of the molecule is COC(=O)c1c(C)nc(Nc2nc3ccccc3s2)nc1-c1ccc(F)cc1. The summed E-state index contributed by atoms with van der Waals surface area (Å²) in [6.45, 7) is 1.70. The van der Waals surface area contributed by atoms with E-state index in [2.05, 4.69) is 20.3 Å². The number of halogens is 1. The van der Waals surface area contributed by atoms with Gasteiger partial charge in [-0.15, -0.1) is 0 Å². The smallest absolute Gasteiger partial charge is 0.341 e. The third-order valence-electron chi connectivity index (χ3n) is 4.11. The summed E-state index contributed by atoms with van der Waals surface area (Å²) in [6.07, 6.45) is 0. The van der Waals surface area contributed by atoms with Gasteiger partial charge in [0.05, 0.1) is 28.7 Å². The topological polar surface area (TPSA) is 77.0 Å². The summed E-state index contributed by atoms with van der Waals surface area (Å²) in [6, 6.07) is 13.5. The number of aryl methyl sites for hydroxylation is 1. The second-order valence-corrected chi connectivity index (χ2v) is 7.00. The number of ether oxygens (including phenoxy) is 1. The zero-order chi connectivity index (χ0) is 19.7. The van der Waals surface area contributed by atoms with E-state index >= 15 is 0 Å². The lowest BCUT2D eigenvalue weighted by Gasteiger charge is -2.12. The molecule has 0 bridgehead atoms. The highest BCUT2D eigenvalue weighted by Crippen LogP contribution is 2.30. The van der Waals surface area contributed by atoms with Crippen LogP contribution in [-0.4, -0.2) is 28.0 Å². The van der Waals surface area contributed by atoms with Gasteiger partial charge in [0, 0.05) is 5.56 Å². The van der Waals surface area contributed by atoms with Gasteiger partial charge in [-0.1, -0.05) is 23.5 Å². The predicted molar refractivity (Wildman–Crippen MR) is 106 cm³/mol. The molecular weight excluding hydrogens is 379 g/mol. The second kappa shape index (κ2) is 7.32. The van der Waals surface area contributed by atoms with Crippen LogP contribution in [0.15, 0.2) is 48.5 Å². The molecule has 1 N–H and O–H groups in total. The Hall–Kier alpha value is -3.39. The Morgan fingerprint density at radius 1 is 1.07 bits per heavy atom. The van der Waals surface area contributed by atoms with Crippen molar-refractivity contribution >= 4 is 38.6 Å². The molecule has 0 atom stereocenters. The number of para-hydroxylation sites is 1. The fraction of sp³-hybridized carbons (Fsp3) is 0.100. The summed E-state index contributed by atoms with van der Waals surface area (Å²) in [5.41, 5.74) is 2.51. The van der Waals surface area contributed by atoms with E-state index in [1.807, 2.05) is 24.3 Å². The lowest BCUT2D eigenvalue weighted by atomic mass is 10.0. The second-order valence-electron chi connectivity index (χ2n) is 5.97. The van der Waals surface area contributed by atoms with Crippen LogP contribution in [0.3, 0.4) is 0 Å². The molecule has 0 saturated heterocycles. The van der Waals surface area contributed by atoms with Gasteiger partial charge < -0.3 is 4.74 Å². The van der Waals surface area contributed by atoms with Crippen LogP contribution in [0.2, 0.25) is 0 Å². The average molecular weight is 394 g/mol. The standard InChI is InChI=1S/C20H15FN4O2S/c1-11-16(18(26)27-2)17(12-7-9-13(21)10-8-12)24-19(22-11)25-20-23-14-5-3-4-6-15(14)28-20/h3-10H,1-2H3,(H,22,23,24,25). The van der Waals surface area contributed by atoms with Crippen LogP contribution in [0.25, 0.3) is 21.5 Å². The van der Waals surface area contributed by atoms with Gasteiger partial charge in [-0.05, 0) is 43.3 Å². The number of carbonyl (C=O) groups excluding carboxylic acids is 1. The van der Waals surface area contributed by atoms with E-state index < -0.39 is 5.97 Å². The Balaban J connectivity index is 1.80. The van der Waals surface area contributed by atoms with E-state index in [-0.39, 0.29) is 11.4 Å². The third kappa shape index (κ3) is 3.41. The van der Waals surface area contributed by atoms with Gasteiger partial charge in [-0.3, -0.25) is 5.32 Å². The highest BCUT2D eigenvalue weighted by Gasteiger charge is 2.21. The fourth-order valence-electron chi connectivity index (χ4n) is 2.81. The molecule has 0 aliphatic heterocycles. The summed E-state index contributed by atoms with van der Waals surface area (Å²) in [5.74, 6) is -0.631. The van der Waals surface area contributed by atoms with Crippen molar-refractivity contribution in [2.75, 3.05) is 12.4 Å². The summed E-state index contributed by atoms with van der Waals surface area (Å²) >= 11 is 1.47. The number of fused-ring (bicyclic) bond motifs is 1. The van der Waals surface area contributed by atoms with E-state index in [0.717, 1.165) is 10.2 Å². The largest absolute Gasteiger partial charge is 0.465 e. The van der Waals surface area contributed by atoms with E-state index in [0.29, 0.717) is 28.0 Å². The van der Waals surface area contributed by atoms with Gasteiger partial charge in [0.1, 0.15) is 11.4 Å². The minimum Gasteiger partial charge on any atom is -0.465 e. The average Bonchev–Trinajstić information content (AvgIpc) is 3.10. The van der Waals surface area contributed by atoms with Crippen LogP contribution in [0.4, 0.5) is 15.5 Å². The molecule has 2 aromatic heterocycles. The number of carbonyl (C=O) groups is 1. The van der Waals surface area contributed by atoms with Crippen molar-refractivity contribution in [2.24, 2.45) is 0 Å². The Kier molecular flexibility index (Phi) is 4.70. The molecule has 140 valence electrons. The number of nitrogens with one attached hydrogen (secondary N) is 1. The zero-order valence-electron chi connectivity index (χ0n) is 15.1. The van der Waals surface area contributed by atoms with Crippen molar-refractivity contribution in [2.45, 2.75) is 6.92 Å². The molecule has 8 heteroatoms. The maximum absolute atomic E-state index is 13.3. The van der Waals surface area contributed by atoms with Crippen LogP contribution in [0.5, 0.6) is 0 Å². The number of hydrogen-bond donors (Lipinski definition) is 1. The molecule has 0 spiro atoms. The first-order valence-corrected chi connectivity index (χ1v) is 9.22. The summed E-state index contributed by atoms with van der Waals surface area (Å²) < 4.78 is 19.2. The van der Waals surface area contributed by atoms with E-state index in [1.54, 1.807) is 19.1 Å². The van der Waals surface area contributed by atoms with E-state index in [9.17, 15) is 9.18 Å². The number of rotatable bonds is 4. The monoisotopic (exact) mass is 394 g/mol. The molecular formula is C20H15FN4O2S. The maximum Gasteiger partial charge on any atom is 0.341 e. The number of nitrogens with zero attached hydrogens (tertiary/aromatic N) is 3. The highest BCUT2D eigenvalue weighted by molar-refractivity contribution is 7.22. The number of hydrogen-bond acceptors (Lipinski definition) is 7. The Morgan fingerprint density at radius 2 is 1.82 bits per heavy atom. The van der Waals surface area contributed by atoms with Crippen molar-refractivity contribution in [3.63, 3.8) is 0 Å². The molecule has 2 aromatic carbocycles. The first-order chi connectivity index (χ1) is 13.5. The Morgan fingerprint density at radius 3 is 2.54 bits per heavy atom. The Labute approximate surface area is 164 Å². The number of benzene rings is 2. The summed E-state index contributed by atoms with van der Waals surface area (Å²) in [4.78, 5) is 25.7. The zero-order valence-corrected chi connectivity index (χ0v) is 15.9. The molecule has 6 nitrogen and oxygen atoms in total. The van der Waals surface area contributed by atoms with Gasteiger partial charge in [0.25, 0.3) is 0 Å². The van der Waals surface area contributed by atoms with Crippen LogP contribution in [0, 0.1) is 12.7 Å². The molecule has 28 heavy (non-hydrogen) atoms. The van der Waals surface area contributed by atoms with Crippen LogP contribution in [-0.2, 0) is 4.74 Å². The van der Waals surface area contributed by atoms with Crippen LogP contribution in [0.1, 0.15) is 16.1 Å². The first kappa shape index (κ1) is 18.0. The predicted octanol–water partition coefficient (Wildman–Crippen LogP) is 4.73. The maximum atomic E-state index is 13.3. The number of esters is 1. The Bertz CT molecular complexity index is 1140. The molecule has 0 fully saturated rings. The van der Waals surface area contributed by atoms with Crippen molar-refractivity contribution < 1.29 is 13.9 Å². The molecule has 0 aliphatic rings. The number of aromatic nitrogens is 3. The molecule has 4 aromatic rings.